The second kappa shape index (κ2) is 10.2. The van der Waals surface area contributed by atoms with E-state index < -0.39 is 18.8 Å². The molecule has 4 heterocycles. The van der Waals surface area contributed by atoms with Gasteiger partial charge in [0.05, 0.1) is 48.6 Å². The zero-order valence-corrected chi connectivity index (χ0v) is 20.1. The van der Waals surface area contributed by atoms with E-state index in [-0.39, 0.29) is 18.8 Å². The molecule has 36 heavy (non-hydrogen) atoms. The molecule has 1 aromatic carbocycles. The maximum absolute atomic E-state index is 13.6. The van der Waals surface area contributed by atoms with Crippen molar-refractivity contribution in [3.8, 4) is 11.3 Å². The lowest BCUT2D eigenvalue weighted by atomic mass is 9.85. The quantitative estimate of drug-likeness (QED) is 0.433. The van der Waals surface area contributed by atoms with Gasteiger partial charge in [-0.25, -0.2) is 0 Å². The van der Waals surface area contributed by atoms with E-state index in [4.69, 9.17) is 0 Å². The SMILES string of the molecule is C[C@H]1Cc2cc(-c3cc[nH]n3)ccc2[C@@H](c2ccc(NC3CN(CCCF)C3)cn2)N1CC(F)(F)F. The number of hydrogen-bond acceptors (Lipinski definition) is 5. The van der Waals surface area contributed by atoms with Crippen molar-refractivity contribution in [3.63, 3.8) is 0 Å². The van der Waals surface area contributed by atoms with Gasteiger partial charge in [0.25, 0.3) is 0 Å². The summed E-state index contributed by atoms with van der Waals surface area (Å²) in [5.74, 6) is 0. The molecule has 0 saturated carbocycles. The minimum atomic E-state index is -4.32. The van der Waals surface area contributed by atoms with Crippen molar-refractivity contribution in [2.45, 2.75) is 44.1 Å². The molecule has 0 radical (unpaired) electrons. The molecule has 2 aliphatic heterocycles. The Kier molecular flexibility index (Phi) is 6.98. The molecule has 2 N–H and O–H groups in total. The standard InChI is InChI=1S/C26H30F4N6/c1-17-11-19-12-18(23-7-9-32-34-23)3-5-22(19)25(36(17)16-26(28,29)30)24-6-4-20(13-31-24)33-21-14-35(15-21)10-2-8-27/h3-7,9,12-13,17,21,25,33H,2,8,10-11,14-16H2,1H3,(H,32,34)/t17-,25-/m0/s1. The van der Waals surface area contributed by atoms with Crippen LogP contribution in [-0.2, 0) is 6.42 Å². The number of likely N-dealkylation sites (tertiary alicyclic amines) is 1. The molecule has 192 valence electrons. The average molecular weight is 503 g/mol. The van der Waals surface area contributed by atoms with Gasteiger partial charge in [-0.15, -0.1) is 0 Å². The van der Waals surface area contributed by atoms with Crippen LogP contribution in [-0.4, -0.2) is 76.1 Å². The van der Waals surface area contributed by atoms with Crippen LogP contribution in [0.2, 0.25) is 0 Å². The highest BCUT2D eigenvalue weighted by Crippen LogP contribution is 2.40. The smallest absolute Gasteiger partial charge is 0.378 e. The van der Waals surface area contributed by atoms with Crippen LogP contribution in [0.15, 0.2) is 48.8 Å². The van der Waals surface area contributed by atoms with Gasteiger partial charge in [0.15, 0.2) is 0 Å². The summed E-state index contributed by atoms with van der Waals surface area (Å²) in [6, 6.07) is 10.8. The van der Waals surface area contributed by atoms with Crippen LogP contribution in [0.5, 0.6) is 0 Å². The number of benzene rings is 1. The maximum atomic E-state index is 13.6. The molecule has 1 saturated heterocycles. The zero-order valence-electron chi connectivity index (χ0n) is 20.1. The van der Waals surface area contributed by atoms with Gasteiger partial charge in [-0.2, -0.15) is 18.3 Å². The Morgan fingerprint density at radius 1 is 1.14 bits per heavy atom. The van der Waals surface area contributed by atoms with Crippen LogP contribution in [0.1, 0.15) is 36.2 Å². The van der Waals surface area contributed by atoms with Crippen LogP contribution in [0.25, 0.3) is 11.3 Å². The summed E-state index contributed by atoms with van der Waals surface area (Å²) in [6.07, 6.45) is 0.180. The highest BCUT2D eigenvalue weighted by Gasteiger charge is 2.41. The van der Waals surface area contributed by atoms with E-state index in [9.17, 15) is 17.6 Å². The van der Waals surface area contributed by atoms with Crippen molar-refractivity contribution >= 4 is 5.69 Å². The molecule has 0 amide bonds. The van der Waals surface area contributed by atoms with Crippen LogP contribution in [0, 0.1) is 0 Å². The summed E-state index contributed by atoms with van der Waals surface area (Å²) in [5, 5.41) is 10.5. The number of aromatic amines is 1. The molecule has 3 aromatic rings. The second-order valence-electron chi connectivity index (χ2n) is 9.73. The molecule has 6 nitrogen and oxygen atoms in total. The van der Waals surface area contributed by atoms with Gasteiger partial charge in [-0.05, 0) is 55.2 Å². The third kappa shape index (κ3) is 5.39. The first-order valence-corrected chi connectivity index (χ1v) is 12.3. The first-order chi connectivity index (χ1) is 17.3. The Bertz CT molecular complexity index is 1140. The highest BCUT2D eigenvalue weighted by atomic mass is 19.4. The summed E-state index contributed by atoms with van der Waals surface area (Å²) >= 11 is 0. The zero-order chi connectivity index (χ0) is 25.3. The average Bonchev–Trinajstić information content (AvgIpc) is 3.35. The van der Waals surface area contributed by atoms with E-state index in [1.54, 1.807) is 12.4 Å². The number of pyridine rings is 1. The molecule has 10 heteroatoms. The molecule has 0 aliphatic carbocycles. The van der Waals surface area contributed by atoms with Crippen LogP contribution < -0.4 is 5.32 Å². The lowest BCUT2D eigenvalue weighted by Gasteiger charge is -2.42. The second-order valence-corrected chi connectivity index (χ2v) is 9.73. The number of rotatable bonds is 8. The Labute approximate surface area is 207 Å². The molecule has 0 bridgehead atoms. The molecular weight excluding hydrogens is 472 g/mol. The minimum absolute atomic E-state index is 0.259. The number of nitrogens with one attached hydrogen (secondary N) is 2. The van der Waals surface area contributed by atoms with E-state index >= 15 is 0 Å². The van der Waals surface area contributed by atoms with Gasteiger partial charge in [-0.3, -0.25) is 24.3 Å². The first kappa shape index (κ1) is 24.7. The molecule has 2 aliphatic rings. The van der Waals surface area contributed by atoms with Crippen LogP contribution >= 0.6 is 0 Å². The van der Waals surface area contributed by atoms with E-state index in [2.05, 4.69) is 25.4 Å². The molecule has 1 fully saturated rings. The summed E-state index contributed by atoms with van der Waals surface area (Å²) in [4.78, 5) is 8.30. The predicted octanol–water partition coefficient (Wildman–Crippen LogP) is 4.83. The Balaban J connectivity index is 1.39. The largest absolute Gasteiger partial charge is 0.401 e. The number of halogens is 4. The summed E-state index contributed by atoms with van der Waals surface area (Å²) in [5.41, 5.74) is 4.99. The van der Waals surface area contributed by atoms with E-state index in [1.165, 1.54) is 4.90 Å². The number of anilines is 1. The summed E-state index contributed by atoms with van der Waals surface area (Å²) < 4.78 is 53.1. The van der Waals surface area contributed by atoms with Gasteiger partial charge >= 0.3 is 6.18 Å². The Morgan fingerprint density at radius 3 is 2.64 bits per heavy atom. The van der Waals surface area contributed by atoms with Crippen molar-refractivity contribution in [2.75, 3.05) is 38.2 Å². The fourth-order valence-electron chi connectivity index (χ4n) is 5.30. The molecule has 2 atom stereocenters. The first-order valence-electron chi connectivity index (χ1n) is 12.3. The number of aromatic nitrogens is 3. The number of H-pyrrole nitrogens is 1. The van der Waals surface area contributed by atoms with Gasteiger partial charge in [0.1, 0.15) is 0 Å². The number of nitrogens with zero attached hydrogens (tertiary/aromatic N) is 4. The van der Waals surface area contributed by atoms with Crippen molar-refractivity contribution in [1.82, 2.24) is 25.0 Å². The van der Waals surface area contributed by atoms with Gasteiger partial charge in [0, 0.05) is 37.4 Å². The van der Waals surface area contributed by atoms with E-state index in [0.717, 1.165) is 47.7 Å². The third-order valence-corrected chi connectivity index (χ3v) is 7.01. The summed E-state index contributed by atoms with van der Waals surface area (Å²) in [6.45, 7) is 2.96. The third-order valence-electron chi connectivity index (χ3n) is 7.01. The molecular formula is C26H30F4N6. The monoisotopic (exact) mass is 502 g/mol. The normalized spacial score (nSPS) is 21.2. The van der Waals surface area contributed by atoms with Gasteiger partial charge in [0.2, 0.25) is 0 Å². The minimum Gasteiger partial charge on any atom is -0.378 e. The fraction of sp³-hybridized carbons (Fsp3) is 0.462. The summed E-state index contributed by atoms with van der Waals surface area (Å²) in [7, 11) is 0. The number of hydrogen-bond donors (Lipinski definition) is 2. The fourth-order valence-corrected chi connectivity index (χ4v) is 5.30. The predicted molar refractivity (Wildman–Crippen MR) is 130 cm³/mol. The van der Waals surface area contributed by atoms with Gasteiger partial charge < -0.3 is 5.32 Å². The maximum Gasteiger partial charge on any atom is 0.401 e. The van der Waals surface area contributed by atoms with Gasteiger partial charge in [-0.1, -0.05) is 12.1 Å². The number of alkyl halides is 4. The molecule has 0 unspecified atom stereocenters. The van der Waals surface area contributed by atoms with Crippen molar-refractivity contribution in [2.24, 2.45) is 0 Å². The van der Waals surface area contributed by atoms with E-state index in [0.29, 0.717) is 18.5 Å². The molecule has 5 rings (SSSR count). The molecule has 0 spiro atoms. The Hall–Kier alpha value is -2.98. The highest BCUT2D eigenvalue weighted by molar-refractivity contribution is 5.61. The molecule has 2 aromatic heterocycles. The van der Waals surface area contributed by atoms with Crippen LogP contribution in [0.4, 0.5) is 23.2 Å². The van der Waals surface area contributed by atoms with E-state index in [1.807, 2.05) is 43.3 Å². The van der Waals surface area contributed by atoms with Crippen molar-refractivity contribution in [3.05, 3.63) is 65.6 Å². The van der Waals surface area contributed by atoms with Crippen LogP contribution in [0.3, 0.4) is 0 Å². The Morgan fingerprint density at radius 2 is 1.97 bits per heavy atom. The topological polar surface area (TPSA) is 60.1 Å². The number of fused-ring (bicyclic) bond motifs is 1. The lowest BCUT2D eigenvalue weighted by molar-refractivity contribution is -0.155. The van der Waals surface area contributed by atoms with Crippen molar-refractivity contribution in [1.29, 1.82) is 0 Å². The lowest BCUT2D eigenvalue weighted by Crippen LogP contribution is -2.54. The van der Waals surface area contributed by atoms with Crippen molar-refractivity contribution < 1.29 is 17.6 Å².